The van der Waals surface area contributed by atoms with Crippen molar-refractivity contribution in [1.29, 1.82) is 0 Å². The predicted molar refractivity (Wildman–Crippen MR) is 97.4 cm³/mol. The molecule has 2 N–H and O–H groups in total. The number of carbonyl (C=O) groups excluding carboxylic acids is 1. The number of sulfonamides is 1. The number of hydrogen-bond donors (Lipinski definition) is 1. The first-order chi connectivity index (χ1) is 11.9. The summed E-state index contributed by atoms with van der Waals surface area (Å²) >= 11 is 0. The molecule has 1 aliphatic heterocycles. The minimum atomic E-state index is -3.30. The van der Waals surface area contributed by atoms with Gasteiger partial charge in [-0.3, -0.25) is 4.79 Å². The number of rotatable bonds is 6. The van der Waals surface area contributed by atoms with Crippen molar-refractivity contribution >= 4 is 15.9 Å². The second-order valence-corrected chi connectivity index (χ2v) is 8.49. The predicted octanol–water partition coefficient (Wildman–Crippen LogP) is 2.18. The molecule has 5 nitrogen and oxygen atoms in total. The monoisotopic (exact) mass is 358 g/mol. The van der Waals surface area contributed by atoms with Gasteiger partial charge in [0.25, 0.3) is 0 Å². The lowest BCUT2D eigenvalue weighted by molar-refractivity contribution is 0.1000. The topological polar surface area (TPSA) is 80.5 Å². The van der Waals surface area contributed by atoms with E-state index in [4.69, 9.17) is 5.73 Å². The average molecular weight is 358 g/mol. The quantitative estimate of drug-likeness (QED) is 0.859. The van der Waals surface area contributed by atoms with Gasteiger partial charge in [0.1, 0.15) is 0 Å². The lowest BCUT2D eigenvalue weighted by Crippen LogP contribution is -2.30. The highest BCUT2D eigenvalue weighted by Crippen LogP contribution is 2.25. The van der Waals surface area contributed by atoms with Gasteiger partial charge in [0, 0.05) is 18.7 Å². The molecule has 0 bridgehead atoms. The molecule has 0 spiro atoms. The van der Waals surface area contributed by atoms with Gasteiger partial charge in [-0.1, -0.05) is 42.5 Å². The standard InChI is InChI=1S/C19H22N2O3S/c20-19(22)18-8-4-7-16(12-18)11-17-9-10-21(13-17)25(23,24)14-15-5-2-1-3-6-15/h1-8,12,17H,9-11,13-14H2,(H2,20,22). The van der Waals surface area contributed by atoms with Crippen molar-refractivity contribution in [2.24, 2.45) is 11.7 Å². The fourth-order valence-electron chi connectivity index (χ4n) is 3.28. The Balaban J connectivity index is 1.63. The van der Waals surface area contributed by atoms with Crippen molar-refractivity contribution in [3.63, 3.8) is 0 Å². The van der Waals surface area contributed by atoms with Crippen LogP contribution in [0.1, 0.15) is 27.9 Å². The molecule has 1 heterocycles. The third kappa shape index (κ3) is 4.46. The molecule has 1 unspecified atom stereocenters. The van der Waals surface area contributed by atoms with E-state index in [-0.39, 0.29) is 11.7 Å². The number of amides is 1. The van der Waals surface area contributed by atoms with Crippen LogP contribution in [0.3, 0.4) is 0 Å². The van der Waals surface area contributed by atoms with Crippen molar-refractivity contribution in [2.75, 3.05) is 13.1 Å². The van der Waals surface area contributed by atoms with Gasteiger partial charge in [-0.2, -0.15) is 0 Å². The highest BCUT2D eigenvalue weighted by molar-refractivity contribution is 7.88. The smallest absolute Gasteiger partial charge is 0.248 e. The Morgan fingerprint density at radius 2 is 1.80 bits per heavy atom. The van der Waals surface area contributed by atoms with Gasteiger partial charge < -0.3 is 5.73 Å². The summed E-state index contributed by atoms with van der Waals surface area (Å²) in [6.45, 7) is 1.07. The molecule has 2 aromatic carbocycles. The summed E-state index contributed by atoms with van der Waals surface area (Å²) in [7, 11) is -3.30. The van der Waals surface area contributed by atoms with Crippen LogP contribution in [-0.4, -0.2) is 31.7 Å². The molecule has 132 valence electrons. The van der Waals surface area contributed by atoms with E-state index < -0.39 is 15.9 Å². The molecule has 0 radical (unpaired) electrons. The SMILES string of the molecule is NC(=O)c1cccc(CC2CCN(S(=O)(=O)Cc3ccccc3)C2)c1. The molecule has 1 fully saturated rings. The molecule has 0 aromatic heterocycles. The number of benzene rings is 2. The van der Waals surface area contributed by atoms with Crippen LogP contribution in [0.25, 0.3) is 0 Å². The first-order valence-corrected chi connectivity index (χ1v) is 9.95. The largest absolute Gasteiger partial charge is 0.366 e. The zero-order chi connectivity index (χ0) is 17.9. The first-order valence-electron chi connectivity index (χ1n) is 8.34. The van der Waals surface area contributed by atoms with E-state index in [1.165, 1.54) is 0 Å². The minimum Gasteiger partial charge on any atom is -0.366 e. The Labute approximate surface area is 148 Å². The molecule has 1 amide bonds. The maximum Gasteiger partial charge on any atom is 0.248 e. The summed E-state index contributed by atoms with van der Waals surface area (Å²) in [5.41, 5.74) is 7.63. The van der Waals surface area contributed by atoms with E-state index in [1.807, 2.05) is 42.5 Å². The molecule has 25 heavy (non-hydrogen) atoms. The summed E-state index contributed by atoms with van der Waals surface area (Å²) < 4.78 is 26.8. The van der Waals surface area contributed by atoms with Crippen molar-refractivity contribution in [3.05, 3.63) is 71.3 Å². The Kier molecular flexibility index (Phi) is 5.20. The van der Waals surface area contributed by atoms with Gasteiger partial charge in [-0.05, 0) is 42.0 Å². The number of carbonyl (C=O) groups is 1. The van der Waals surface area contributed by atoms with Gasteiger partial charge in [-0.15, -0.1) is 0 Å². The maximum absolute atomic E-state index is 12.6. The maximum atomic E-state index is 12.6. The van der Waals surface area contributed by atoms with E-state index in [0.717, 1.165) is 24.0 Å². The Bertz CT molecular complexity index is 850. The van der Waals surface area contributed by atoms with Crippen LogP contribution >= 0.6 is 0 Å². The molecule has 0 aliphatic carbocycles. The molecule has 3 rings (SSSR count). The van der Waals surface area contributed by atoms with Gasteiger partial charge in [-0.25, -0.2) is 12.7 Å². The van der Waals surface area contributed by atoms with E-state index in [0.29, 0.717) is 18.7 Å². The summed E-state index contributed by atoms with van der Waals surface area (Å²) in [4.78, 5) is 11.3. The van der Waals surface area contributed by atoms with E-state index in [1.54, 1.807) is 16.4 Å². The van der Waals surface area contributed by atoms with Crippen LogP contribution in [-0.2, 0) is 22.2 Å². The number of primary amides is 1. The molecular weight excluding hydrogens is 336 g/mol. The number of hydrogen-bond acceptors (Lipinski definition) is 3. The molecule has 1 aliphatic rings. The lowest BCUT2D eigenvalue weighted by Gasteiger charge is -2.17. The highest BCUT2D eigenvalue weighted by Gasteiger charge is 2.31. The number of nitrogens with two attached hydrogens (primary N) is 1. The molecule has 6 heteroatoms. The summed E-state index contributed by atoms with van der Waals surface area (Å²) in [5, 5.41) is 0. The molecule has 1 saturated heterocycles. The highest BCUT2D eigenvalue weighted by atomic mass is 32.2. The van der Waals surface area contributed by atoms with Crippen LogP contribution in [0.5, 0.6) is 0 Å². The fourth-order valence-corrected chi connectivity index (χ4v) is 4.90. The van der Waals surface area contributed by atoms with Crippen molar-refractivity contribution in [1.82, 2.24) is 4.31 Å². The van der Waals surface area contributed by atoms with Crippen LogP contribution < -0.4 is 5.73 Å². The van der Waals surface area contributed by atoms with E-state index >= 15 is 0 Å². The third-order valence-corrected chi connectivity index (χ3v) is 6.39. The van der Waals surface area contributed by atoms with E-state index in [2.05, 4.69) is 0 Å². The Hall–Kier alpha value is -2.18. The summed E-state index contributed by atoms with van der Waals surface area (Å²) in [5.74, 6) is -0.147. The van der Waals surface area contributed by atoms with E-state index in [9.17, 15) is 13.2 Å². The average Bonchev–Trinajstić information content (AvgIpc) is 3.05. The molecule has 0 saturated carbocycles. The van der Waals surface area contributed by atoms with Crippen LogP contribution in [0.15, 0.2) is 54.6 Å². The number of nitrogens with zero attached hydrogens (tertiary/aromatic N) is 1. The zero-order valence-corrected chi connectivity index (χ0v) is 14.8. The fraction of sp³-hybridized carbons (Fsp3) is 0.316. The molecule has 1 atom stereocenters. The normalized spacial score (nSPS) is 18.3. The van der Waals surface area contributed by atoms with Crippen LogP contribution in [0.2, 0.25) is 0 Å². The van der Waals surface area contributed by atoms with Gasteiger partial charge in [0.15, 0.2) is 0 Å². The first kappa shape index (κ1) is 17.6. The molecular formula is C19H22N2O3S. The van der Waals surface area contributed by atoms with Crippen molar-refractivity contribution in [2.45, 2.75) is 18.6 Å². The zero-order valence-electron chi connectivity index (χ0n) is 14.0. The lowest BCUT2D eigenvalue weighted by atomic mass is 9.97. The van der Waals surface area contributed by atoms with Crippen LogP contribution in [0, 0.1) is 5.92 Å². The second kappa shape index (κ2) is 7.37. The minimum absolute atomic E-state index is 0.0394. The van der Waals surface area contributed by atoms with Gasteiger partial charge >= 0.3 is 0 Å². The van der Waals surface area contributed by atoms with Gasteiger partial charge in [0.05, 0.1) is 5.75 Å². The summed E-state index contributed by atoms with van der Waals surface area (Å²) in [6.07, 6.45) is 1.58. The summed E-state index contributed by atoms with van der Waals surface area (Å²) in [6, 6.07) is 16.5. The Morgan fingerprint density at radius 1 is 1.08 bits per heavy atom. The third-order valence-electron chi connectivity index (χ3n) is 4.57. The Morgan fingerprint density at radius 3 is 2.52 bits per heavy atom. The second-order valence-electron chi connectivity index (χ2n) is 6.52. The van der Waals surface area contributed by atoms with Crippen molar-refractivity contribution in [3.8, 4) is 0 Å². The van der Waals surface area contributed by atoms with Crippen LogP contribution in [0.4, 0.5) is 0 Å². The molecule has 2 aromatic rings. The van der Waals surface area contributed by atoms with Crippen molar-refractivity contribution < 1.29 is 13.2 Å². The van der Waals surface area contributed by atoms with Gasteiger partial charge in [0.2, 0.25) is 15.9 Å².